The summed E-state index contributed by atoms with van der Waals surface area (Å²) in [6.07, 6.45) is 1.00. The average Bonchev–Trinajstić information content (AvgIpc) is 2.45. The van der Waals surface area contributed by atoms with Crippen LogP contribution in [0.15, 0.2) is 24.3 Å². The van der Waals surface area contributed by atoms with Gasteiger partial charge in [-0.3, -0.25) is 4.21 Å². The standard InChI is InChI=1S/C16H27NO3S/c1-13(2)20-15-8-6-14(7-9-15)16(17-3)12-21(18)11-5-10-19-4/h6-9,13,16-17H,5,10-12H2,1-4H3. The molecule has 4 nitrogen and oxygen atoms in total. The van der Waals surface area contributed by atoms with Gasteiger partial charge in [0.25, 0.3) is 0 Å². The zero-order chi connectivity index (χ0) is 15.7. The predicted octanol–water partition coefficient (Wildman–Crippen LogP) is 2.52. The van der Waals surface area contributed by atoms with E-state index in [0.29, 0.717) is 18.1 Å². The number of hydrogen-bond donors (Lipinski definition) is 1. The van der Waals surface area contributed by atoms with E-state index in [1.807, 2.05) is 45.2 Å². The topological polar surface area (TPSA) is 47.6 Å². The quantitative estimate of drug-likeness (QED) is 0.674. The molecule has 0 saturated carbocycles. The van der Waals surface area contributed by atoms with E-state index in [-0.39, 0.29) is 12.1 Å². The second-order valence-corrected chi connectivity index (χ2v) is 6.86. The molecule has 0 amide bonds. The van der Waals surface area contributed by atoms with Crippen LogP contribution in [0, 0.1) is 0 Å². The van der Waals surface area contributed by atoms with Gasteiger partial charge >= 0.3 is 0 Å². The molecule has 21 heavy (non-hydrogen) atoms. The highest BCUT2D eigenvalue weighted by Gasteiger charge is 2.13. The van der Waals surface area contributed by atoms with E-state index in [0.717, 1.165) is 17.7 Å². The molecule has 0 fully saturated rings. The van der Waals surface area contributed by atoms with Gasteiger partial charge in [-0.1, -0.05) is 12.1 Å². The molecular weight excluding hydrogens is 286 g/mol. The van der Waals surface area contributed by atoms with E-state index in [4.69, 9.17) is 9.47 Å². The Hall–Kier alpha value is -0.910. The summed E-state index contributed by atoms with van der Waals surface area (Å²) in [7, 11) is 2.72. The van der Waals surface area contributed by atoms with E-state index < -0.39 is 10.8 Å². The van der Waals surface area contributed by atoms with Gasteiger partial charge in [0.2, 0.25) is 0 Å². The highest BCUT2D eigenvalue weighted by atomic mass is 32.2. The van der Waals surface area contributed by atoms with Crippen LogP contribution in [0.25, 0.3) is 0 Å². The van der Waals surface area contributed by atoms with Crippen molar-refractivity contribution in [1.82, 2.24) is 5.32 Å². The lowest BCUT2D eigenvalue weighted by Crippen LogP contribution is -2.23. The van der Waals surface area contributed by atoms with E-state index >= 15 is 0 Å². The minimum Gasteiger partial charge on any atom is -0.491 e. The van der Waals surface area contributed by atoms with Crippen LogP contribution in [0.2, 0.25) is 0 Å². The Bertz CT molecular complexity index is 420. The molecule has 0 heterocycles. The zero-order valence-electron chi connectivity index (χ0n) is 13.4. The first-order valence-corrected chi connectivity index (χ1v) is 8.83. The van der Waals surface area contributed by atoms with Gasteiger partial charge in [0.05, 0.1) is 6.10 Å². The molecule has 0 aliphatic rings. The smallest absolute Gasteiger partial charge is 0.119 e. The number of methoxy groups -OCH3 is 1. The summed E-state index contributed by atoms with van der Waals surface area (Å²) in [4.78, 5) is 0. The second-order valence-electron chi connectivity index (χ2n) is 5.23. The predicted molar refractivity (Wildman–Crippen MR) is 88.4 cm³/mol. The third-order valence-electron chi connectivity index (χ3n) is 3.08. The second kappa shape index (κ2) is 9.92. The molecule has 0 spiro atoms. The van der Waals surface area contributed by atoms with Crippen LogP contribution in [0.3, 0.4) is 0 Å². The van der Waals surface area contributed by atoms with Gasteiger partial charge in [-0.2, -0.15) is 0 Å². The van der Waals surface area contributed by atoms with Crippen molar-refractivity contribution in [3.63, 3.8) is 0 Å². The molecule has 0 bridgehead atoms. The molecule has 120 valence electrons. The van der Waals surface area contributed by atoms with E-state index in [1.54, 1.807) is 7.11 Å². The molecule has 2 atom stereocenters. The lowest BCUT2D eigenvalue weighted by atomic mass is 10.1. The van der Waals surface area contributed by atoms with Crippen molar-refractivity contribution in [2.75, 3.05) is 32.3 Å². The highest BCUT2D eigenvalue weighted by Crippen LogP contribution is 2.19. The number of ether oxygens (including phenoxy) is 2. The summed E-state index contributed by atoms with van der Waals surface area (Å²) in [5.41, 5.74) is 1.13. The number of nitrogens with one attached hydrogen (secondary N) is 1. The molecule has 0 aliphatic carbocycles. The van der Waals surface area contributed by atoms with Crippen molar-refractivity contribution in [1.29, 1.82) is 0 Å². The van der Waals surface area contributed by atoms with Gasteiger partial charge < -0.3 is 14.8 Å². The lowest BCUT2D eigenvalue weighted by molar-refractivity contribution is 0.200. The van der Waals surface area contributed by atoms with Crippen molar-refractivity contribution >= 4 is 10.8 Å². The summed E-state index contributed by atoms with van der Waals surface area (Å²) < 4.78 is 22.7. The van der Waals surface area contributed by atoms with Gasteiger partial charge in [0, 0.05) is 42.1 Å². The Balaban J connectivity index is 2.57. The van der Waals surface area contributed by atoms with E-state index in [2.05, 4.69) is 5.32 Å². The first-order chi connectivity index (χ1) is 10.1. The van der Waals surface area contributed by atoms with Crippen LogP contribution in [-0.4, -0.2) is 42.6 Å². The van der Waals surface area contributed by atoms with Crippen molar-refractivity contribution in [3.8, 4) is 5.75 Å². The van der Waals surface area contributed by atoms with Crippen LogP contribution >= 0.6 is 0 Å². The van der Waals surface area contributed by atoms with Crippen LogP contribution in [0.5, 0.6) is 5.75 Å². The molecule has 1 N–H and O–H groups in total. The third kappa shape index (κ3) is 7.07. The van der Waals surface area contributed by atoms with Crippen LogP contribution in [0.1, 0.15) is 31.9 Å². The Morgan fingerprint density at radius 3 is 2.43 bits per heavy atom. The molecule has 0 aliphatic heterocycles. The molecular formula is C16H27NO3S. The highest BCUT2D eigenvalue weighted by molar-refractivity contribution is 7.85. The molecule has 1 aromatic carbocycles. The minimum atomic E-state index is -0.840. The summed E-state index contributed by atoms with van der Waals surface area (Å²) in [5.74, 6) is 2.16. The van der Waals surface area contributed by atoms with Crippen molar-refractivity contribution in [3.05, 3.63) is 29.8 Å². The van der Waals surface area contributed by atoms with Gasteiger partial charge in [-0.15, -0.1) is 0 Å². The SMILES string of the molecule is CNC(CS(=O)CCCOC)c1ccc(OC(C)C)cc1. The average molecular weight is 313 g/mol. The first kappa shape index (κ1) is 18.1. The Labute approximate surface area is 130 Å². The van der Waals surface area contributed by atoms with Gasteiger partial charge in [-0.05, 0) is 45.0 Å². The fraction of sp³-hybridized carbons (Fsp3) is 0.625. The number of rotatable bonds is 10. The number of benzene rings is 1. The summed E-state index contributed by atoms with van der Waals surface area (Å²) >= 11 is 0. The van der Waals surface area contributed by atoms with Crippen LogP contribution in [-0.2, 0) is 15.5 Å². The van der Waals surface area contributed by atoms with Gasteiger partial charge in [0.15, 0.2) is 0 Å². The molecule has 0 radical (unpaired) electrons. The molecule has 0 saturated heterocycles. The van der Waals surface area contributed by atoms with Gasteiger partial charge in [-0.25, -0.2) is 0 Å². The van der Waals surface area contributed by atoms with Crippen molar-refractivity contribution in [2.24, 2.45) is 0 Å². The Kier molecular flexibility index (Phi) is 8.57. The Morgan fingerprint density at radius 1 is 1.24 bits per heavy atom. The third-order valence-corrected chi connectivity index (χ3v) is 4.52. The fourth-order valence-corrected chi connectivity index (χ4v) is 3.37. The first-order valence-electron chi connectivity index (χ1n) is 7.34. The summed E-state index contributed by atoms with van der Waals surface area (Å²) in [6, 6.07) is 8.10. The lowest BCUT2D eigenvalue weighted by Gasteiger charge is -2.17. The van der Waals surface area contributed by atoms with Gasteiger partial charge in [0.1, 0.15) is 5.75 Å². The maximum absolute atomic E-state index is 12.1. The van der Waals surface area contributed by atoms with E-state index in [9.17, 15) is 4.21 Å². The maximum Gasteiger partial charge on any atom is 0.119 e. The van der Waals surface area contributed by atoms with Crippen molar-refractivity contribution < 1.29 is 13.7 Å². The monoisotopic (exact) mass is 313 g/mol. The maximum atomic E-state index is 12.1. The summed E-state index contributed by atoms with van der Waals surface area (Å²) in [6.45, 7) is 4.68. The molecule has 2 unspecified atom stereocenters. The molecule has 5 heteroatoms. The minimum absolute atomic E-state index is 0.0986. The van der Waals surface area contributed by atoms with Crippen LogP contribution < -0.4 is 10.1 Å². The summed E-state index contributed by atoms with van der Waals surface area (Å²) in [5, 5.41) is 3.23. The molecule has 0 aromatic heterocycles. The van der Waals surface area contributed by atoms with Crippen LogP contribution in [0.4, 0.5) is 0 Å². The molecule has 1 rings (SSSR count). The fourth-order valence-electron chi connectivity index (χ4n) is 2.03. The zero-order valence-corrected chi connectivity index (χ0v) is 14.2. The Morgan fingerprint density at radius 2 is 1.90 bits per heavy atom. The number of hydrogen-bond acceptors (Lipinski definition) is 4. The molecule has 1 aromatic rings. The van der Waals surface area contributed by atoms with E-state index in [1.165, 1.54) is 0 Å². The largest absolute Gasteiger partial charge is 0.491 e. The normalized spacial score (nSPS) is 14.1. The van der Waals surface area contributed by atoms with Crippen molar-refractivity contribution in [2.45, 2.75) is 32.4 Å².